The Morgan fingerprint density at radius 1 is 1.42 bits per heavy atom. The molecule has 7 heteroatoms. The number of rotatable bonds is 3. The maximum absolute atomic E-state index is 12.0. The van der Waals surface area contributed by atoms with Crippen molar-refractivity contribution < 1.29 is 17.9 Å². The van der Waals surface area contributed by atoms with Gasteiger partial charge in [-0.3, -0.25) is 4.40 Å². The van der Waals surface area contributed by atoms with Crippen LogP contribution in [0.2, 0.25) is 0 Å². The molecule has 2 rings (SSSR count). The number of nitrogens with zero attached hydrogens (tertiary/aromatic N) is 2. The molecule has 0 radical (unpaired) electrons. The SMILES string of the molecule is CCS(=O)(=O)c1nc2ccc(C)cn2c1C(=O)OC. The third kappa shape index (κ3) is 2.21. The summed E-state index contributed by atoms with van der Waals surface area (Å²) in [5, 5.41) is -0.229. The molecule has 0 bridgehead atoms. The lowest BCUT2D eigenvalue weighted by molar-refractivity contribution is 0.0588. The van der Waals surface area contributed by atoms with Crippen LogP contribution in [0, 0.1) is 6.92 Å². The van der Waals surface area contributed by atoms with Gasteiger partial charge in [0.25, 0.3) is 0 Å². The van der Waals surface area contributed by atoms with Crippen LogP contribution in [0.3, 0.4) is 0 Å². The number of carbonyl (C=O) groups excluding carboxylic acids is 1. The van der Waals surface area contributed by atoms with Crippen LogP contribution in [0.4, 0.5) is 0 Å². The Balaban J connectivity index is 2.88. The molecule has 0 aliphatic rings. The van der Waals surface area contributed by atoms with E-state index in [1.807, 2.05) is 6.92 Å². The second kappa shape index (κ2) is 4.65. The van der Waals surface area contributed by atoms with Crippen LogP contribution < -0.4 is 0 Å². The van der Waals surface area contributed by atoms with Crippen LogP contribution in [0.25, 0.3) is 5.65 Å². The number of hydrogen-bond donors (Lipinski definition) is 0. The fourth-order valence-electron chi connectivity index (χ4n) is 1.77. The van der Waals surface area contributed by atoms with Gasteiger partial charge in [0.15, 0.2) is 20.6 Å². The Labute approximate surface area is 110 Å². The first-order valence-corrected chi connectivity index (χ1v) is 7.35. The van der Waals surface area contributed by atoms with Crippen molar-refractivity contribution in [3.8, 4) is 0 Å². The van der Waals surface area contributed by atoms with Crippen LogP contribution in [-0.4, -0.2) is 36.6 Å². The molecule has 0 fully saturated rings. The first-order chi connectivity index (χ1) is 8.90. The largest absolute Gasteiger partial charge is 0.464 e. The molecule has 0 aliphatic carbocycles. The van der Waals surface area contributed by atoms with E-state index in [9.17, 15) is 13.2 Å². The highest BCUT2D eigenvalue weighted by Crippen LogP contribution is 2.20. The lowest BCUT2D eigenvalue weighted by Crippen LogP contribution is -2.13. The monoisotopic (exact) mass is 282 g/mol. The van der Waals surface area contributed by atoms with E-state index >= 15 is 0 Å². The minimum Gasteiger partial charge on any atom is -0.464 e. The maximum Gasteiger partial charge on any atom is 0.358 e. The lowest BCUT2D eigenvalue weighted by atomic mass is 10.3. The van der Waals surface area contributed by atoms with E-state index < -0.39 is 15.8 Å². The van der Waals surface area contributed by atoms with E-state index in [-0.39, 0.29) is 16.5 Å². The van der Waals surface area contributed by atoms with Gasteiger partial charge in [-0.1, -0.05) is 13.0 Å². The Morgan fingerprint density at radius 3 is 2.68 bits per heavy atom. The molecule has 0 spiro atoms. The number of carbonyl (C=O) groups is 1. The van der Waals surface area contributed by atoms with Gasteiger partial charge in [-0.25, -0.2) is 18.2 Å². The summed E-state index contributed by atoms with van der Waals surface area (Å²) in [5.41, 5.74) is 1.23. The number of sulfone groups is 1. The Bertz CT molecular complexity index is 746. The van der Waals surface area contributed by atoms with Crippen molar-refractivity contribution in [1.29, 1.82) is 0 Å². The van der Waals surface area contributed by atoms with E-state index in [1.54, 1.807) is 18.3 Å². The number of methoxy groups -OCH3 is 1. The van der Waals surface area contributed by atoms with Crippen molar-refractivity contribution in [2.45, 2.75) is 18.9 Å². The molecule has 0 amide bonds. The van der Waals surface area contributed by atoms with Gasteiger partial charge in [-0.15, -0.1) is 0 Å². The molecular weight excluding hydrogens is 268 g/mol. The molecule has 102 valence electrons. The highest BCUT2D eigenvalue weighted by Gasteiger charge is 2.28. The minimum absolute atomic E-state index is 0.0527. The zero-order chi connectivity index (χ0) is 14.2. The third-order valence-electron chi connectivity index (χ3n) is 2.79. The van der Waals surface area contributed by atoms with Gasteiger partial charge >= 0.3 is 5.97 Å². The van der Waals surface area contributed by atoms with Crippen LogP contribution in [0.15, 0.2) is 23.4 Å². The molecule has 2 aromatic heterocycles. The Kier molecular flexibility index (Phi) is 3.32. The molecule has 0 saturated carbocycles. The number of imidazole rings is 1. The first-order valence-electron chi connectivity index (χ1n) is 5.70. The summed E-state index contributed by atoms with van der Waals surface area (Å²) in [4.78, 5) is 15.9. The summed E-state index contributed by atoms with van der Waals surface area (Å²) in [6.45, 7) is 3.35. The van der Waals surface area contributed by atoms with Crippen LogP contribution in [0.1, 0.15) is 23.0 Å². The van der Waals surface area contributed by atoms with Gasteiger partial charge < -0.3 is 4.74 Å². The van der Waals surface area contributed by atoms with E-state index in [2.05, 4.69) is 9.72 Å². The molecule has 2 heterocycles. The normalized spacial score (nSPS) is 11.7. The number of ether oxygens (including phenoxy) is 1. The molecule has 0 atom stereocenters. The van der Waals surface area contributed by atoms with Gasteiger partial charge in [0, 0.05) is 6.20 Å². The summed E-state index contributed by atoms with van der Waals surface area (Å²) in [6, 6.07) is 3.46. The standard InChI is InChI=1S/C12H14N2O4S/c1-4-19(16,17)11-10(12(15)18-3)14-7-8(2)5-6-9(14)13-11/h5-7H,4H2,1-3H3. The Hall–Kier alpha value is -1.89. The molecule has 0 unspecified atom stereocenters. The molecule has 0 saturated heterocycles. The van der Waals surface area contributed by atoms with E-state index in [0.29, 0.717) is 5.65 Å². The molecule has 0 aromatic carbocycles. The maximum atomic E-state index is 12.0. The second-order valence-electron chi connectivity index (χ2n) is 4.10. The molecular formula is C12H14N2O4S. The highest BCUT2D eigenvalue weighted by molar-refractivity contribution is 7.91. The number of aryl methyl sites for hydroxylation is 1. The van der Waals surface area contributed by atoms with Crippen molar-refractivity contribution in [3.63, 3.8) is 0 Å². The zero-order valence-corrected chi connectivity index (χ0v) is 11.7. The fraction of sp³-hybridized carbons (Fsp3) is 0.333. The summed E-state index contributed by atoms with van der Waals surface area (Å²) in [6.07, 6.45) is 1.66. The molecule has 0 aliphatic heterocycles. The van der Waals surface area contributed by atoms with Gasteiger partial charge in [0.1, 0.15) is 5.65 Å². The van der Waals surface area contributed by atoms with Gasteiger partial charge in [0.2, 0.25) is 0 Å². The van der Waals surface area contributed by atoms with E-state index in [4.69, 9.17) is 0 Å². The number of fused-ring (bicyclic) bond motifs is 1. The molecule has 19 heavy (non-hydrogen) atoms. The number of aromatic nitrogens is 2. The average Bonchev–Trinajstić information content (AvgIpc) is 2.77. The van der Waals surface area contributed by atoms with Crippen LogP contribution in [0.5, 0.6) is 0 Å². The number of esters is 1. The minimum atomic E-state index is -3.59. The first kappa shape index (κ1) is 13.5. The van der Waals surface area contributed by atoms with Gasteiger partial charge in [-0.2, -0.15) is 0 Å². The van der Waals surface area contributed by atoms with Crippen molar-refractivity contribution in [1.82, 2.24) is 9.38 Å². The van der Waals surface area contributed by atoms with Crippen molar-refractivity contribution in [2.75, 3.05) is 12.9 Å². The molecule has 2 aromatic rings. The quantitative estimate of drug-likeness (QED) is 0.791. The predicted octanol–water partition coefficient (Wildman–Crippen LogP) is 1.22. The average molecular weight is 282 g/mol. The van der Waals surface area contributed by atoms with Crippen molar-refractivity contribution >= 4 is 21.5 Å². The summed E-state index contributed by atoms with van der Waals surface area (Å²) < 4.78 is 30.1. The molecule has 6 nitrogen and oxygen atoms in total. The number of pyridine rings is 1. The Morgan fingerprint density at radius 2 is 2.11 bits per heavy atom. The lowest BCUT2D eigenvalue weighted by Gasteiger charge is -2.03. The second-order valence-corrected chi connectivity index (χ2v) is 6.29. The van der Waals surface area contributed by atoms with Gasteiger partial charge in [0.05, 0.1) is 12.9 Å². The summed E-state index contributed by atoms with van der Waals surface area (Å²) in [5.74, 6) is -0.843. The topological polar surface area (TPSA) is 77.7 Å². The third-order valence-corrected chi connectivity index (χ3v) is 4.42. The van der Waals surface area contributed by atoms with Crippen LogP contribution in [-0.2, 0) is 14.6 Å². The fourth-order valence-corrected chi connectivity index (χ4v) is 2.75. The smallest absolute Gasteiger partial charge is 0.358 e. The zero-order valence-electron chi connectivity index (χ0n) is 10.9. The van der Waals surface area contributed by atoms with E-state index in [1.165, 1.54) is 18.4 Å². The van der Waals surface area contributed by atoms with E-state index in [0.717, 1.165) is 5.56 Å². The summed E-state index contributed by atoms with van der Waals surface area (Å²) in [7, 11) is -2.38. The summed E-state index contributed by atoms with van der Waals surface area (Å²) >= 11 is 0. The number of hydrogen-bond acceptors (Lipinski definition) is 5. The highest BCUT2D eigenvalue weighted by atomic mass is 32.2. The van der Waals surface area contributed by atoms with Crippen LogP contribution >= 0.6 is 0 Å². The van der Waals surface area contributed by atoms with Crippen molar-refractivity contribution in [2.24, 2.45) is 0 Å². The van der Waals surface area contributed by atoms with Crippen molar-refractivity contribution in [3.05, 3.63) is 29.6 Å². The molecule has 0 N–H and O–H groups in total. The van der Waals surface area contributed by atoms with Gasteiger partial charge in [-0.05, 0) is 18.6 Å². The predicted molar refractivity (Wildman–Crippen MR) is 69.0 cm³/mol.